The molecule has 6 rings (SSSR count). The van der Waals surface area contributed by atoms with Gasteiger partial charge in [-0.05, 0) is 55.7 Å². The monoisotopic (exact) mass is 600 g/mol. The molecule has 2 saturated heterocycles. The number of anilines is 2. The van der Waals surface area contributed by atoms with Crippen LogP contribution in [0, 0.1) is 0 Å². The van der Waals surface area contributed by atoms with Crippen molar-refractivity contribution in [3.05, 3.63) is 65.7 Å². The Bertz CT molecular complexity index is 1400. The third-order valence-electron chi connectivity index (χ3n) is 9.31. The van der Waals surface area contributed by atoms with Crippen LogP contribution in [0.25, 0.3) is 0 Å². The van der Waals surface area contributed by atoms with Gasteiger partial charge in [0, 0.05) is 63.6 Å². The minimum absolute atomic E-state index is 0.0250. The smallest absolute Gasteiger partial charge is 0.319 e. The average Bonchev–Trinajstić information content (AvgIpc) is 3.07. The zero-order chi connectivity index (χ0) is 30.5. The summed E-state index contributed by atoms with van der Waals surface area (Å²) in [6.07, 6.45) is 7.84. The summed E-state index contributed by atoms with van der Waals surface area (Å²) >= 11 is 0. The van der Waals surface area contributed by atoms with Crippen molar-refractivity contribution in [1.29, 1.82) is 0 Å². The van der Waals surface area contributed by atoms with Crippen molar-refractivity contribution in [3.8, 4) is 6.01 Å². The molecule has 2 fully saturated rings. The molecule has 0 bridgehead atoms. The molecule has 11 heteroatoms. The number of β-amino-alcohol motifs (C(OH)–C–C–N with tert-alkyl or cyclic N) is 1. The Morgan fingerprint density at radius 3 is 2.57 bits per heavy atom. The van der Waals surface area contributed by atoms with E-state index in [2.05, 4.69) is 73.2 Å². The molecule has 2 aromatic heterocycles. The van der Waals surface area contributed by atoms with Crippen molar-refractivity contribution in [2.24, 2.45) is 0 Å². The number of likely N-dealkylation sites (tertiary alicyclic amines) is 1. The van der Waals surface area contributed by atoms with E-state index in [1.807, 2.05) is 6.07 Å². The van der Waals surface area contributed by atoms with Crippen LogP contribution in [0.2, 0.25) is 0 Å². The van der Waals surface area contributed by atoms with Gasteiger partial charge in [0.25, 0.3) is 5.91 Å². The van der Waals surface area contributed by atoms with Gasteiger partial charge in [-0.15, -0.1) is 0 Å². The highest BCUT2D eigenvalue weighted by molar-refractivity contribution is 5.93. The van der Waals surface area contributed by atoms with E-state index in [1.54, 1.807) is 23.5 Å². The van der Waals surface area contributed by atoms with Crippen molar-refractivity contribution < 1.29 is 14.6 Å². The lowest BCUT2D eigenvalue weighted by molar-refractivity contribution is -0.0139. The van der Waals surface area contributed by atoms with E-state index in [0.29, 0.717) is 24.5 Å². The summed E-state index contributed by atoms with van der Waals surface area (Å²) in [5.74, 6) is 1.32. The number of nitrogens with one attached hydrogen (secondary N) is 1. The Morgan fingerprint density at radius 2 is 1.84 bits per heavy atom. The number of fused-ring (bicyclic) bond motifs is 1. The van der Waals surface area contributed by atoms with Crippen LogP contribution in [0.5, 0.6) is 6.01 Å². The number of ether oxygens (including phenoxy) is 1. The molecule has 234 valence electrons. The molecule has 0 spiro atoms. The lowest BCUT2D eigenvalue weighted by Gasteiger charge is -2.43. The number of nitrogens with zero attached hydrogens (tertiary/aromatic N) is 7. The second-order valence-electron chi connectivity index (χ2n) is 12.1. The van der Waals surface area contributed by atoms with E-state index in [0.717, 1.165) is 64.1 Å². The van der Waals surface area contributed by atoms with E-state index in [-0.39, 0.29) is 36.7 Å². The standard InChI is InChI=1S/C33H44N8O3/c1-3-26(4-2)44-33-37-27(19-30(38-33)36-25-11-16-39(17-12-25)31-9-14-34-22-35-31)32(43)41-18-13-28(29(42)21-41)40-15-10-23-7-5-6-8-24(23)20-40/h5-9,14,19,22,25-26,28-29,42H,3-4,10-13,15-18,20-21H2,1-2H3,(H,36,37,38)/t28-,29-/m1/s1. The summed E-state index contributed by atoms with van der Waals surface area (Å²) in [5.41, 5.74) is 3.01. The summed E-state index contributed by atoms with van der Waals surface area (Å²) in [7, 11) is 0. The molecule has 3 aliphatic heterocycles. The Morgan fingerprint density at radius 1 is 1.05 bits per heavy atom. The van der Waals surface area contributed by atoms with Crippen LogP contribution in [-0.2, 0) is 13.0 Å². The molecule has 2 atom stereocenters. The van der Waals surface area contributed by atoms with Crippen LogP contribution in [0.15, 0.2) is 48.9 Å². The van der Waals surface area contributed by atoms with Crippen molar-refractivity contribution in [3.63, 3.8) is 0 Å². The molecule has 2 N–H and O–H groups in total. The molecule has 5 heterocycles. The zero-order valence-corrected chi connectivity index (χ0v) is 25.8. The highest BCUT2D eigenvalue weighted by Crippen LogP contribution is 2.27. The molecule has 0 aliphatic carbocycles. The van der Waals surface area contributed by atoms with Gasteiger partial charge in [0.2, 0.25) is 0 Å². The Kier molecular flexibility index (Phi) is 9.51. The SMILES string of the molecule is CCC(CC)Oc1nc(NC2CCN(c3ccncn3)CC2)cc(C(=O)N2CC[C@@H](N3CCc4ccccc4C3)[C@H](O)C2)n1. The van der Waals surface area contributed by atoms with Crippen molar-refractivity contribution in [2.45, 2.75) is 83.2 Å². The van der Waals surface area contributed by atoms with Gasteiger partial charge in [0.05, 0.1) is 6.10 Å². The van der Waals surface area contributed by atoms with Gasteiger partial charge in [-0.1, -0.05) is 38.1 Å². The molecule has 3 aliphatic rings. The van der Waals surface area contributed by atoms with Crippen molar-refractivity contribution in [2.75, 3.05) is 42.9 Å². The Labute approximate surface area is 259 Å². The first-order valence-electron chi connectivity index (χ1n) is 16.1. The minimum Gasteiger partial charge on any atom is -0.460 e. The first kappa shape index (κ1) is 30.2. The third-order valence-corrected chi connectivity index (χ3v) is 9.31. The van der Waals surface area contributed by atoms with Gasteiger partial charge in [-0.25, -0.2) is 9.97 Å². The predicted octanol–water partition coefficient (Wildman–Crippen LogP) is 3.55. The summed E-state index contributed by atoms with van der Waals surface area (Å²) in [4.78, 5) is 37.8. The number of aromatic nitrogens is 4. The molecule has 11 nitrogen and oxygen atoms in total. The molecular formula is C33H44N8O3. The number of benzene rings is 1. The van der Waals surface area contributed by atoms with Crippen molar-refractivity contribution in [1.82, 2.24) is 29.7 Å². The van der Waals surface area contributed by atoms with Gasteiger partial charge in [0.1, 0.15) is 29.8 Å². The van der Waals surface area contributed by atoms with Gasteiger partial charge in [-0.2, -0.15) is 9.97 Å². The summed E-state index contributed by atoms with van der Waals surface area (Å²) in [5, 5.41) is 14.8. The van der Waals surface area contributed by atoms with Crippen LogP contribution in [0.4, 0.5) is 11.6 Å². The van der Waals surface area contributed by atoms with Crippen LogP contribution in [-0.4, -0.2) is 97.8 Å². The summed E-state index contributed by atoms with van der Waals surface area (Å²) in [6.45, 7) is 8.45. The number of aliphatic hydroxyl groups excluding tert-OH is 1. The molecule has 0 radical (unpaired) electrons. The lowest BCUT2D eigenvalue weighted by atomic mass is 9.94. The summed E-state index contributed by atoms with van der Waals surface area (Å²) in [6, 6.07) is 12.6. The second kappa shape index (κ2) is 13.9. The molecule has 1 amide bonds. The quantitative estimate of drug-likeness (QED) is 0.377. The minimum atomic E-state index is -0.627. The van der Waals surface area contributed by atoms with E-state index in [9.17, 15) is 9.90 Å². The molecular weight excluding hydrogens is 556 g/mol. The van der Waals surface area contributed by atoms with Crippen LogP contribution < -0.4 is 15.0 Å². The number of carbonyl (C=O) groups excluding carboxylic acids is 1. The largest absolute Gasteiger partial charge is 0.460 e. The average molecular weight is 601 g/mol. The van der Waals surface area contributed by atoms with Crippen LogP contribution >= 0.6 is 0 Å². The maximum Gasteiger partial charge on any atom is 0.319 e. The molecule has 1 aromatic carbocycles. The van der Waals surface area contributed by atoms with E-state index >= 15 is 0 Å². The van der Waals surface area contributed by atoms with E-state index in [4.69, 9.17) is 4.74 Å². The molecule has 0 unspecified atom stereocenters. The Balaban J connectivity index is 1.13. The predicted molar refractivity (Wildman–Crippen MR) is 169 cm³/mol. The van der Waals surface area contributed by atoms with Crippen LogP contribution in [0.1, 0.15) is 67.6 Å². The van der Waals surface area contributed by atoms with Gasteiger partial charge in [-0.3, -0.25) is 9.69 Å². The second-order valence-corrected chi connectivity index (χ2v) is 12.1. The number of carbonyl (C=O) groups is 1. The fourth-order valence-electron chi connectivity index (χ4n) is 6.69. The normalized spacial score (nSPS) is 21.3. The first-order chi connectivity index (χ1) is 21.5. The molecule has 0 saturated carbocycles. The zero-order valence-electron chi connectivity index (χ0n) is 25.8. The topological polar surface area (TPSA) is 120 Å². The van der Waals surface area contributed by atoms with Crippen molar-refractivity contribution >= 4 is 17.5 Å². The van der Waals surface area contributed by atoms with Crippen LogP contribution in [0.3, 0.4) is 0 Å². The number of amides is 1. The molecule has 3 aromatic rings. The fourth-order valence-corrected chi connectivity index (χ4v) is 6.69. The number of aliphatic hydroxyl groups is 1. The lowest BCUT2D eigenvalue weighted by Crippen LogP contribution is -2.56. The summed E-state index contributed by atoms with van der Waals surface area (Å²) < 4.78 is 6.13. The first-order valence-corrected chi connectivity index (χ1v) is 16.1. The van der Waals surface area contributed by atoms with E-state index < -0.39 is 6.10 Å². The maximum absolute atomic E-state index is 13.8. The van der Waals surface area contributed by atoms with Gasteiger partial charge >= 0.3 is 6.01 Å². The highest BCUT2D eigenvalue weighted by atomic mass is 16.5. The number of piperidine rings is 2. The third kappa shape index (κ3) is 6.94. The number of hydrogen-bond donors (Lipinski definition) is 2. The fraction of sp³-hybridized carbons (Fsp3) is 0.545. The number of hydrogen-bond acceptors (Lipinski definition) is 10. The Hall–Kier alpha value is -3.83. The highest BCUT2D eigenvalue weighted by Gasteiger charge is 2.36. The maximum atomic E-state index is 13.8. The van der Waals surface area contributed by atoms with Gasteiger partial charge < -0.3 is 25.0 Å². The van der Waals surface area contributed by atoms with E-state index in [1.165, 1.54) is 11.1 Å². The number of rotatable bonds is 9. The van der Waals surface area contributed by atoms with Gasteiger partial charge in [0.15, 0.2) is 0 Å². The molecule has 44 heavy (non-hydrogen) atoms.